The molecule has 0 saturated carbocycles. The molecule has 1 aliphatic rings. The molecule has 21 heavy (non-hydrogen) atoms. The van der Waals surface area contributed by atoms with Crippen molar-refractivity contribution in [2.24, 2.45) is 5.41 Å². The van der Waals surface area contributed by atoms with Gasteiger partial charge in [0.25, 0.3) is 0 Å². The van der Waals surface area contributed by atoms with Crippen LogP contribution in [-0.4, -0.2) is 30.7 Å². The minimum atomic E-state index is -3.83. The Kier molecular flexibility index (Phi) is 4.03. The second kappa shape index (κ2) is 5.34. The standard InChI is InChI=1S/C13H17FN2O4S/c1-13(2)6-3-7-15(9-13)21(19,20)10-4-5-12(16(17)18)11(14)8-10/h4-5,8H,3,6-7,9H2,1-2H3. The van der Waals surface area contributed by atoms with Gasteiger partial charge in [0.15, 0.2) is 0 Å². The van der Waals surface area contributed by atoms with Gasteiger partial charge in [-0.25, -0.2) is 8.42 Å². The van der Waals surface area contributed by atoms with Crippen molar-refractivity contribution in [3.8, 4) is 0 Å². The zero-order valence-corrected chi connectivity index (χ0v) is 12.7. The third-order valence-corrected chi connectivity index (χ3v) is 5.46. The second-order valence-electron chi connectivity index (χ2n) is 5.98. The molecular weight excluding hydrogens is 299 g/mol. The number of sulfonamides is 1. The molecule has 0 bridgehead atoms. The van der Waals surface area contributed by atoms with Crippen LogP contribution in [0.4, 0.5) is 10.1 Å². The topological polar surface area (TPSA) is 80.5 Å². The molecule has 0 spiro atoms. The normalized spacial score (nSPS) is 19.4. The number of benzene rings is 1. The van der Waals surface area contributed by atoms with E-state index in [0.717, 1.165) is 31.0 Å². The van der Waals surface area contributed by atoms with Crippen LogP contribution in [0.3, 0.4) is 0 Å². The summed E-state index contributed by atoms with van der Waals surface area (Å²) in [6.07, 6.45) is 1.66. The Morgan fingerprint density at radius 1 is 1.38 bits per heavy atom. The first-order valence-corrected chi connectivity index (χ1v) is 8.02. The SMILES string of the molecule is CC1(C)CCCN(S(=O)(=O)c2ccc([N+](=O)[O-])c(F)c2)C1. The maximum Gasteiger partial charge on any atom is 0.304 e. The molecule has 0 unspecified atom stereocenters. The highest BCUT2D eigenvalue weighted by molar-refractivity contribution is 7.89. The van der Waals surface area contributed by atoms with E-state index in [2.05, 4.69) is 0 Å². The predicted molar refractivity (Wildman–Crippen MR) is 74.8 cm³/mol. The van der Waals surface area contributed by atoms with Crippen molar-refractivity contribution in [2.75, 3.05) is 13.1 Å². The van der Waals surface area contributed by atoms with Crippen LogP contribution >= 0.6 is 0 Å². The molecule has 1 aliphatic heterocycles. The molecule has 0 amide bonds. The lowest BCUT2D eigenvalue weighted by atomic mass is 9.85. The molecule has 8 heteroatoms. The molecule has 116 valence electrons. The molecule has 2 rings (SSSR count). The number of nitrogens with zero attached hydrogens (tertiary/aromatic N) is 2. The summed E-state index contributed by atoms with van der Waals surface area (Å²) in [4.78, 5) is 9.45. The van der Waals surface area contributed by atoms with Crippen LogP contribution in [0.5, 0.6) is 0 Å². The molecule has 1 fully saturated rings. The fraction of sp³-hybridized carbons (Fsp3) is 0.538. The van der Waals surface area contributed by atoms with Gasteiger partial charge < -0.3 is 0 Å². The Hall–Kier alpha value is -1.54. The van der Waals surface area contributed by atoms with Gasteiger partial charge in [-0.3, -0.25) is 10.1 Å². The molecule has 1 saturated heterocycles. The van der Waals surface area contributed by atoms with Crippen molar-refractivity contribution in [3.05, 3.63) is 34.1 Å². The number of halogens is 1. The second-order valence-corrected chi connectivity index (χ2v) is 7.91. The highest BCUT2D eigenvalue weighted by Crippen LogP contribution is 2.32. The molecule has 0 radical (unpaired) electrons. The number of rotatable bonds is 3. The minimum absolute atomic E-state index is 0.134. The van der Waals surface area contributed by atoms with Gasteiger partial charge in [0.2, 0.25) is 15.8 Å². The third-order valence-electron chi connectivity index (χ3n) is 3.62. The average Bonchev–Trinajstić information content (AvgIpc) is 2.36. The summed E-state index contributed by atoms with van der Waals surface area (Å²) in [5.41, 5.74) is -0.863. The minimum Gasteiger partial charge on any atom is -0.258 e. The highest BCUT2D eigenvalue weighted by Gasteiger charge is 2.34. The Morgan fingerprint density at radius 3 is 2.57 bits per heavy atom. The van der Waals surface area contributed by atoms with Gasteiger partial charge in [0, 0.05) is 25.2 Å². The zero-order chi connectivity index (χ0) is 15.8. The fourth-order valence-electron chi connectivity index (χ4n) is 2.52. The molecular formula is C13H17FN2O4S. The third kappa shape index (κ3) is 3.21. The fourth-order valence-corrected chi connectivity index (χ4v) is 4.20. The zero-order valence-electron chi connectivity index (χ0n) is 11.9. The summed E-state index contributed by atoms with van der Waals surface area (Å²) in [5, 5.41) is 10.6. The number of nitro benzene ring substituents is 1. The smallest absolute Gasteiger partial charge is 0.258 e. The Morgan fingerprint density at radius 2 is 2.05 bits per heavy atom. The van der Waals surface area contributed by atoms with E-state index in [1.165, 1.54) is 4.31 Å². The van der Waals surface area contributed by atoms with Crippen molar-refractivity contribution < 1.29 is 17.7 Å². The van der Waals surface area contributed by atoms with Gasteiger partial charge in [0.05, 0.1) is 9.82 Å². The van der Waals surface area contributed by atoms with Crippen LogP contribution in [0.2, 0.25) is 0 Å². The average molecular weight is 316 g/mol. The van der Waals surface area contributed by atoms with Crippen LogP contribution in [0.15, 0.2) is 23.1 Å². The molecule has 0 N–H and O–H groups in total. The molecule has 1 aromatic rings. The molecule has 1 aromatic carbocycles. The largest absolute Gasteiger partial charge is 0.304 e. The number of hydrogen-bond donors (Lipinski definition) is 0. The first-order chi connectivity index (χ1) is 9.63. The predicted octanol–water partition coefficient (Wildman–Crippen LogP) is 2.54. The summed E-state index contributed by atoms with van der Waals surface area (Å²) in [7, 11) is -3.83. The van der Waals surface area contributed by atoms with Gasteiger partial charge in [-0.1, -0.05) is 13.8 Å². The maximum absolute atomic E-state index is 13.6. The van der Waals surface area contributed by atoms with Crippen molar-refractivity contribution in [1.82, 2.24) is 4.31 Å². The molecule has 0 aromatic heterocycles. The van der Waals surface area contributed by atoms with E-state index in [9.17, 15) is 22.9 Å². The number of hydrogen-bond acceptors (Lipinski definition) is 4. The van der Waals surface area contributed by atoms with Gasteiger partial charge in [-0.15, -0.1) is 0 Å². The summed E-state index contributed by atoms with van der Waals surface area (Å²) < 4.78 is 39.9. The van der Waals surface area contributed by atoms with Crippen LogP contribution < -0.4 is 0 Å². The van der Waals surface area contributed by atoms with E-state index >= 15 is 0 Å². The lowest BCUT2D eigenvalue weighted by Crippen LogP contribution is -2.43. The van der Waals surface area contributed by atoms with Crippen molar-refractivity contribution in [2.45, 2.75) is 31.6 Å². The summed E-state index contributed by atoms with van der Waals surface area (Å²) in [5.74, 6) is -1.14. The summed E-state index contributed by atoms with van der Waals surface area (Å²) >= 11 is 0. The molecule has 0 aliphatic carbocycles. The van der Waals surface area contributed by atoms with E-state index in [-0.39, 0.29) is 10.3 Å². The Balaban J connectivity index is 2.36. The lowest BCUT2D eigenvalue weighted by Gasteiger charge is -2.37. The maximum atomic E-state index is 13.6. The summed E-state index contributed by atoms with van der Waals surface area (Å²) in [6, 6.07) is 2.69. The highest BCUT2D eigenvalue weighted by atomic mass is 32.2. The molecule has 1 heterocycles. The Labute approximate surface area is 122 Å². The number of nitro groups is 1. The quantitative estimate of drug-likeness (QED) is 0.634. The van der Waals surface area contributed by atoms with Crippen LogP contribution in [-0.2, 0) is 10.0 Å². The van der Waals surface area contributed by atoms with E-state index < -0.39 is 26.5 Å². The lowest BCUT2D eigenvalue weighted by molar-refractivity contribution is -0.387. The summed E-state index contributed by atoms with van der Waals surface area (Å²) in [6.45, 7) is 4.69. The van der Waals surface area contributed by atoms with E-state index in [1.54, 1.807) is 0 Å². The van der Waals surface area contributed by atoms with E-state index in [0.29, 0.717) is 13.1 Å². The van der Waals surface area contributed by atoms with E-state index in [1.807, 2.05) is 13.8 Å². The van der Waals surface area contributed by atoms with Crippen molar-refractivity contribution in [3.63, 3.8) is 0 Å². The van der Waals surface area contributed by atoms with Crippen LogP contribution in [0.25, 0.3) is 0 Å². The van der Waals surface area contributed by atoms with Crippen LogP contribution in [0, 0.1) is 21.3 Å². The van der Waals surface area contributed by atoms with Gasteiger partial charge >= 0.3 is 5.69 Å². The first kappa shape index (κ1) is 15.8. The van der Waals surface area contributed by atoms with Gasteiger partial charge in [0.1, 0.15) is 0 Å². The van der Waals surface area contributed by atoms with Gasteiger partial charge in [-0.2, -0.15) is 8.70 Å². The van der Waals surface area contributed by atoms with Crippen LogP contribution in [0.1, 0.15) is 26.7 Å². The monoisotopic (exact) mass is 316 g/mol. The Bertz CT molecular complexity index is 673. The first-order valence-electron chi connectivity index (χ1n) is 6.58. The molecule has 6 nitrogen and oxygen atoms in total. The van der Waals surface area contributed by atoms with Crippen molar-refractivity contribution >= 4 is 15.7 Å². The number of piperidine rings is 1. The van der Waals surface area contributed by atoms with Crippen molar-refractivity contribution in [1.29, 1.82) is 0 Å². The van der Waals surface area contributed by atoms with E-state index in [4.69, 9.17) is 0 Å². The molecule has 0 atom stereocenters. The van der Waals surface area contributed by atoms with Gasteiger partial charge in [-0.05, 0) is 24.3 Å².